The number of primary amides is 1. The van der Waals surface area contributed by atoms with Crippen molar-refractivity contribution in [3.8, 4) is 0 Å². The maximum Gasteiger partial charge on any atom is 0.326 e. The molecule has 0 saturated carbocycles. The van der Waals surface area contributed by atoms with E-state index in [2.05, 4.69) is 15.6 Å². The lowest BCUT2D eigenvalue weighted by molar-refractivity contribution is -0.145. The highest BCUT2D eigenvalue weighted by atomic mass is 16.4. The fourth-order valence-electron chi connectivity index (χ4n) is 3.81. The molecule has 1 fully saturated rings. The lowest BCUT2D eigenvalue weighted by Gasteiger charge is -2.30. The summed E-state index contributed by atoms with van der Waals surface area (Å²) in [5.74, 6) is -3.82. The molecule has 0 aromatic carbocycles. The molecule has 0 spiro atoms. The summed E-state index contributed by atoms with van der Waals surface area (Å²) in [6, 6.07) is -4.23. The third-order valence-corrected chi connectivity index (χ3v) is 5.48. The summed E-state index contributed by atoms with van der Waals surface area (Å²) in [5, 5.41) is 14.5. The van der Waals surface area contributed by atoms with Crippen molar-refractivity contribution in [2.24, 2.45) is 33.8 Å². The summed E-state index contributed by atoms with van der Waals surface area (Å²) < 4.78 is 0. The van der Waals surface area contributed by atoms with E-state index < -0.39 is 53.8 Å². The minimum absolute atomic E-state index is 0.0214. The van der Waals surface area contributed by atoms with Crippen LogP contribution in [0.1, 0.15) is 52.4 Å². The van der Waals surface area contributed by atoms with Crippen LogP contribution in [0.2, 0.25) is 0 Å². The van der Waals surface area contributed by atoms with Crippen LogP contribution in [0.15, 0.2) is 4.99 Å². The van der Waals surface area contributed by atoms with Gasteiger partial charge in [0.25, 0.3) is 0 Å². The van der Waals surface area contributed by atoms with Crippen LogP contribution in [-0.2, 0) is 24.0 Å². The maximum atomic E-state index is 13.3. The van der Waals surface area contributed by atoms with Gasteiger partial charge in [0.15, 0.2) is 5.96 Å². The van der Waals surface area contributed by atoms with Crippen LogP contribution in [0.3, 0.4) is 0 Å². The van der Waals surface area contributed by atoms with E-state index in [0.29, 0.717) is 19.3 Å². The average Bonchev–Trinajstić information content (AvgIpc) is 3.23. The zero-order valence-electron chi connectivity index (χ0n) is 20.2. The number of hydrogen-bond donors (Lipinski definition) is 7. The van der Waals surface area contributed by atoms with Gasteiger partial charge in [-0.1, -0.05) is 13.8 Å². The Morgan fingerprint density at radius 2 is 1.74 bits per heavy atom. The summed E-state index contributed by atoms with van der Waals surface area (Å²) in [7, 11) is 0. The number of nitrogens with zero attached hydrogens (tertiary/aromatic N) is 2. The summed E-state index contributed by atoms with van der Waals surface area (Å²) in [6.45, 7) is 4.22. The van der Waals surface area contributed by atoms with Gasteiger partial charge in [0.2, 0.25) is 23.6 Å². The molecule has 1 saturated heterocycles. The zero-order valence-corrected chi connectivity index (χ0v) is 20.2. The number of nitrogens with one attached hydrogen (secondary N) is 2. The van der Waals surface area contributed by atoms with Gasteiger partial charge in [-0.15, -0.1) is 0 Å². The van der Waals surface area contributed by atoms with Crippen molar-refractivity contribution < 1.29 is 29.1 Å². The van der Waals surface area contributed by atoms with E-state index in [0.717, 1.165) is 0 Å². The molecule has 14 heteroatoms. The summed E-state index contributed by atoms with van der Waals surface area (Å²) >= 11 is 0. The molecule has 0 aromatic heterocycles. The third-order valence-electron chi connectivity index (χ3n) is 5.48. The van der Waals surface area contributed by atoms with E-state index in [1.165, 1.54) is 4.90 Å². The SMILES string of the molecule is CC(C)CC(NC(=O)C(N)CC(N)=O)C(=O)N1CCCC1C(=O)NC(CCCN=C(N)N)C(=O)O. The smallest absolute Gasteiger partial charge is 0.326 e. The number of carbonyl (C=O) groups is 5. The van der Waals surface area contributed by atoms with Gasteiger partial charge in [0, 0.05) is 13.1 Å². The van der Waals surface area contributed by atoms with Crippen LogP contribution in [0.5, 0.6) is 0 Å². The van der Waals surface area contributed by atoms with Crippen LogP contribution in [0.25, 0.3) is 0 Å². The number of hydrogen-bond acceptors (Lipinski definition) is 7. The first-order valence-corrected chi connectivity index (χ1v) is 11.6. The molecule has 0 radical (unpaired) electrons. The first-order valence-electron chi connectivity index (χ1n) is 11.6. The number of carbonyl (C=O) groups excluding carboxylic acids is 4. The molecule has 4 unspecified atom stereocenters. The van der Waals surface area contributed by atoms with E-state index >= 15 is 0 Å². The molecule has 0 bridgehead atoms. The molecule has 35 heavy (non-hydrogen) atoms. The Morgan fingerprint density at radius 3 is 2.29 bits per heavy atom. The van der Waals surface area contributed by atoms with E-state index in [9.17, 15) is 29.1 Å². The highest BCUT2D eigenvalue weighted by Gasteiger charge is 2.39. The fraction of sp³-hybridized carbons (Fsp3) is 0.714. The Kier molecular flexibility index (Phi) is 11.9. The predicted molar refractivity (Wildman–Crippen MR) is 127 cm³/mol. The van der Waals surface area contributed by atoms with Gasteiger partial charge >= 0.3 is 5.97 Å². The Labute approximate surface area is 204 Å². The summed E-state index contributed by atoms with van der Waals surface area (Å²) in [4.78, 5) is 66.5. The number of amides is 4. The Bertz CT molecular complexity index is 814. The Hall–Kier alpha value is -3.42. The first kappa shape index (κ1) is 29.6. The monoisotopic (exact) mass is 498 g/mol. The van der Waals surface area contributed by atoms with Gasteiger partial charge < -0.3 is 43.6 Å². The van der Waals surface area contributed by atoms with Crippen molar-refractivity contribution in [2.75, 3.05) is 13.1 Å². The second kappa shape index (κ2) is 14.1. The number of carboxylic acid groups (broad SMARTS) is 1. The Balaban J connectivity index is 2.90. The van der Waals surface area contributed by atoms with E-state index in [1.807, 2.05) is 13.8 Å². The molecule has 1 aliphatic rings. The number of guanidine groups is 1. The van der Waals surface area contributed by atoms with Gasteiger partial charge in [0.1, 0.15) is 18.1 Å². The minimum Gasteiger partial charge on any atom is -0.480 e. The highest BCUT2D eigenvalue weighted by molar-refractivity contribution is 5.95. The van der Waals surface area contributed by atoms with Gasteiger partial charge in [-0.05, 0) is 38.0 Å². The highest BCUT2D eigenvalue weighted by Crippen LogP contribution is 2.21. The topological polar surface area (TPSA) is 249 Å². The third kappa shape index (κ3) is 10.2. The molecule has 198 valence electrons. The van der Waals surface area contributed by atoms with Crippen molar-refractivity contribution in [2.45, 2.75) is 76.5 Å². The molecule has 1 rings (SSSR count). The lowest BCUT2D eigenvalue weighted by atomic mass is 10.0. The molecule has 4 amide bonds. The van der Waals surface area contributed by atoms with Gasteiger partial charge in [-0.25, -0.2) is 4.79 Å². The number of likely N-dealkylation sites (tertiary alicyclic amines) is 1. The van der Waals surface area contributed by atoms with Crippen LogP contribution in [0.4, 0.5) is 0 Å². The molecular weight excluding hydrogens is 460 g/mol. The van der Waals surface area contributed by atoms with Gasteiger partial charge in [-0.2, -0.15) is 0 Å². The van der Waals surface area contributed by atoms with Gasteiger partial charge in [-0.3, -0.25) is 24.2 Å². The number of carboxylic acids is 1. The second-order valence-electron chi connectivity index (χ2n) is 9.01. The molecule has 11 N–H and O–H groups in total. The van der Waals surface area contributed by atoms with Crippen LogP contribution in [0, 0.1) is 5.92 Å². The van der Waals surface area contributed by atoms with Crippen LogP contribution >= 0.6 is 0 Å². The average molecular weight is 499 g/mol. The van der Waals surface area contributed by atoms with Crippen LogP contribution < -0.4 is 33.6 Å². The van der Waals surface area contributed by atoms with Gasteiger partial charge in [0.05, 0.1) is 12.5 Å². The van der Waals surface area contributed by atoms with Crippen molar-refractivity contribution in [3.63, 3.8) is 0 Å². The van der Waals surface area contributed by atoms with Crippen molar-refractivity contribution in [1.82, 2.24) is 15.5 Å². The molecular formula is C21H38N8O6. The molecule has 14 nitrogen and oxygen atoms in total. The van der Waals surface area contributed by atoms with Crippen molar-refractivity contribution >= 4 is 35.6 Å². The zero-order chi connectivity index (χ0) is 26.7. The maximum absolute atomic E-state index is 13.3. The summed E-state index contributed by atoms with van der Waals surface area (Å²) in [5.41, 5.74) is 21.3. The second-order valence-corrected chi connectivity index (χ2v) is 9.01. The van der Waals surface area contributed by atoms with Crippen molar-refractivity contribution in [3.05, 3.63) is 0 Å². The molecule has 4 atom stereocenters. The Morgan fingerprint density at radius 1 is 1.09 bits per heavy atom. The molecule has 1 heterocycles. The minimum atomic E-state index is -1.22. The normalized spacial score (nSPS) is 17.8. The number of rotatable bonds is 14. The standard InChI is InChI=1S/C21H38N8O6/c1-11(2)9-14(28-17(31)12(22)10-16(23)30)19(33)29-8-4-6-15(29)18(32)27-13(20(34)35)5-3-7-26-21(24)25/h11-15H,3-10,22H2,1-2H3,(H2,23,30)(H,27,32)(H,28,31)(H,34,35)(H4,24,25,26). The van der Waals surface area contributed by atoms with E-state index in [4.69, 9.17) is 22.9 Å². The first-order chi connectivity index (χ1) is 16.3. The number of aliphatic carboxylic acids is 1. The quantitative estimate of drug-likeness (QED) is 0.0748. The van der Waals surface area contributed by atoms with Crippen LogP contribution in [-0.4, -0.2) is 82.8 Å². The number of aliphatic imine (C=N–C) groups is 1. The largest absolute Gasteiger partial charge is 0.480 e. The predicted octanol–water partition coefficient (Wildman–Crippen LogP) is -2.67. The van der Waals surface area contributed by atoms with Crippen molar-refractivity contribution in [1.29, 1.82) is 0 Å². The fourth-order valence-corrected chi connectivity index (χ4v) is 3.81. The van der Waals surface area contributed by atoms with E-state index in [1.54, 1.807) is 0 Å². The van der Waals surface area contributed by atoms with E-state index in [-0.39, 0.29) is 44.2 Å². The number of nitrogens with two attached hydrogens (primary N) is 4. The molecule has 0 aromatic rings. The molecule has 1 aliphatic heterocycles. The lowest BCUT2D eigenvalue weighted by Crippen LogP contribution is -2.57. The summed E-state index contributed by atoms with van der Waals surface area (Å²) in [6.07, 6.45) is 1.22. The molecule has 0 aliphatic carbocycles.